The van der Waals surface area contributed by atoms with Crippen LogP contribution >= 0.6 is 12.4 Å². The molecule has 0 aliphatic carbocycles. The van der Waals surface area contributed by atoms with Crippen molar-refractivity contribution in [2.75, 3.05) is 13.1 Å². The standard InChI is InChI=1S/C13H19FN2O.ClH/c14-12-6-3-11(4-7-12)5-8-13(17)16-10-2-1-9-15;/h3-4,6-7H,1-2,5,8-10,15H2,(H,16,17);1H. The first kappa shape index (κ1) is 16.9. The van der Waals surface area contributed by atoms with Crippen molar-refractivity contribution in [3.63, 3.8) is 0 Å². The number of carbonyl (C=O) groups is 1. The van der Waals surface area contributed by atoms with Crippen LogP contribution in [0.4, 0.5) is 4.39 Å². The van der Waals surface area contributed by atoms with Crippen LogP contribution in [-0.2, 0) is 11.2 Å². The van der Waals surface area contributed by atoms with Gasteiger partial charge >= 0.3 is 0 Å². The molecule has 0 spiro atoms. The third-order valence-electron chi connectivity index (χ3n) is 2.51. The summed E-state index contributed by atoms with van der Waals surface area (Å²) in [7, 11) is 0. The predicted molar refractivity (Wildman–Crippen MR) is 73.3 cm³/mol. The Morgan fingerprint density at radius 2 is 1.89 bits per heavy atom. The number of amides is 1. The fourth-order valence-electron chi connectivity index (χ4n) is 1.49. The lowest BCUT2D eigenvalue weighted by Crippen LogP contribution is -2.25. The van der Waals surface area contributed by atoms with Crippen LogP contribution in [0, 0.1) is 5.82 Å². The lowest BCUT2D eigenvalue weighted by molar-refractivity contribution is -0.121. The molecule has 102 valence electrons. The SMILES string of the molecule is Cl.NCCCCNC(=O)CCc1ccc(F)cc1. The Hall–Kier alpha value is -1.13. The minimum absolute atomic E-state index is 0. The molecule has 0 saturated heterocycles. The average molecular weight is 275 g/mol. The van der Waals surface area contributed by atoms with Gasteiger partial charge in [0, 0.05) is 13.0 Å². The minimum atomic E-state index is -0.250. The van der Waals surface area contributed by atoms with E-state index in [0.29, 0.717) is 25.9 Å². The van der Waals surface area contributed by atoms with Gasteiger partial charge in [0.25, 0.3) is 0 Å². The Labute approximate surface area is 113 Å². The van der Waals surface area contributed by atoms with Gasteiger partial charge in [-0.2, -0.15) is 0 Å². The van der Waals surface area contributed by atoms with Gasteiger partial charge in [-0.1, -0.05) is 12.1 Å². The summed E-state index contributed by atoms with van der Waals surface area (Å²) in [6.07, 6.45) is 2.92. The zero-order chi connectivity index (χ0) is 12.5. The normalized spacial score (nSPS) is 9.67. The van der Waals surface area contributed by atoms with Gasteiger partial charge in [-0.15, -0.1) is 12.4 Å². The van der Waals surface area contributed by atoms with E-state index in [9.17, 15) is 9.18 Å². The van der Waals surface area contributed by atoms with Gasteiger partial charge in [-0.05, 0) is 43.5 Å². The Balaban J connectivity index is 0.00000289. The smallest absolute Gasteiger partial charge is 0.220 e. The Bertz CT molecular complexity index is 343. The molecule has 0 aromatic heterocycles. The molecule has 1 rings (SSSR count). The van der Waals surface area contributed by atoms with E-state index in [1.54, 1.807) is 12.1 Å². The van der Waals surface area contributed by atoms with Crippen LogP contribution in [0.3, 0.4) is 0 Å². The summed E-state index contributed by atoms with van der Waals surface area (Å²) in [6, 6.07) is 6.23. The summed E-state index contributed by atoms with van der Waals surface area (Å²) in [6.45, 7) is 1.34. The summed E-state index contributed by atoms with van der Waals surface area (Å²) in [5.41, 5.74) is 6.32. The van der Waals surface area contributed by atoms with Gasteiger partial charge in [-0.3, -0.25) is 4.79 Å². The molecule has 0 unspecified atom stereocenters. The Morgan fingerprint density at radius 3 is 2.50 bits per heavy atom. The molecule has 0 heterocycles. The van der Waals surface area contributed by atoms with Crippen LogP contribution in [0.15, 0.2) is 24.3 Å². The first-order chi connectivity index (χ1) is 8.22. The van der Waals surface area contributed by atoms with Crippen molar-refractivity contribution in [3.05, 3.63) is 35.6 Å². The number of nitrogens with one attached hydrogen (secondary N) is 1. The zero-order valence-electron chi connectivity index (χ0n) is 10.3. The maximum atomic E-state index is 12.6. The van der Waals surface area contributed by atoms with E-state index in [1.165, 1.54) is 12.1 Å². The van der Waals surface area contributed by atoms with Gasteiger partial charge in [0.15, 0.2) is 0 Å². The van der Waals surface area contributed by atoms with Crippen molar-refractivity contribution in [3.8, 4) is 0 Å². The van der Waals surface area contributed by atoms with E-state index >= 15 is 0 Å². The fourth-order valence-corrected chi connectivity index (χ4v) is 1.49. The Morgan fingerprint density at radius 1 is 1.22 bits per heavy atom. The lowest BCUT2D eigenvalue weighted by atomic mass is 10.1. The van der Waals surface area contributed by atoms with Crippen LogP contribution in [0.5, 0.6) is 0 Å². The number of carbonyl (C=O) groups excluding carboxylic acids is 1. The molecule has 0 atom stereocenters. The minimum Gasteiger partial charge on any atom is -0.356 e. The topological polar surface area (TPSA) is 55.1 Å². The van der Waals surface area contributed by atoms with Crippen LogP contribution in [-0.4, -0.2) is 19.0 Å². The number of benzene rings is 1. The number of nitrogens with two attached hydrogens (primary N) is 1. The van der Waals surface area contributed by atoms with Crippen molar-refractivity contribution < 1.29 is 9.18 Å². The quantitative estimate of drug-likeness (QED) is 0.748. The first-order valence-electron chi connectivity index (χ1n) is 5.93. The molecule has 0 aliphatic heterocycles. The van der Waals surface area contributed by atoms with Crippen molar-refractivity contribution in [2.24, 2.45) is 5.73 Å². The van der Waals surface area contributed by atoms with Gasteiger partial charge in [-0.25, -0.2) is 4.39 Å². The molecule has 0 radical (unpaired) electrons. The second-order valence-corrected chi connectivity index (χ2v) is 3.97. The third kappa shape index (κ3) is 7.25. The van der Waals surface area contributed by atoms with Crippen LogP contribution in [0.2, 0.25) is 0 Å². The number of hydrogen-bond acceptors (Lipinski definition) is 2. The molecule has 0 fully saturated rings. The van der Waals surface area contributed by atoms with Gasteiger partial charge < -0.3 is 11.1 Å². The second-order valence-electron chi connectivity index (χ2n) is 3.97. The molecule has 18 heavy (non-hydrogen) atoms. The second kappa shape index (κ2) is 9.85. The van der Waals surface area contributed by atoms with Crippen molar-refractivity contribution in [2.45, 2.75) is 25.7 Å². The number of unbranched alkanes of at least 4 members (excludes halogenated alkanes) is 1. The van der Waals surface area contributed by atoms with Crippen LogP contribution in [0.25, 0.3) is 0 Å². The molecule has 5 heteroatoms. The van der Waals surface area contributed by atoms with Crippen molar-refractivity contribution in [1.82, 2.24) is 5.32 Å². The highest BCUT2D eigenvalue weighted by Gasteiger charge is 2.01. The monoisotopic (exact) mass is 274 g/mol. The molecule has 1 aromatic rings. The maximum Gasteiger partial charge on any atom is 0.220 e. The highest BCUT2D eigenvalue weighted by Crippen LogP contribution is 2.05. The fraction of sp³-hybridized carbons (Fsp3) is 0.462. The third-order valence-corrected chi connectivity index (χ3v) is 2.51. The van der Waals surface area contributed by atoms with Gasteiger partial charge in [0.05, 0.1) is 0 Å². The zero-order valence-corrected chi connectivity index (χ0v) is 11.1. The van der Waals surface area contributed by atoms with E-state index in [0.717, 1.165) is 18.4 Å². The molecular weight excluding hydrogens is 255 g/mol. The molecule has 3 N–H and O–H groups in total. The predicted octanol–water partition coefficient (Wildman–Crippen LogP) is 2.04. The highest BCUT2D eigenvalue weighted by atomic mass is 35.5. The average Bonchev–Trinajstić information content (AvgIpc) is 2.34. The molecule has 1 aromatic carbocycles. The van der Waals surface area contributed by atoms with E-state index < -0.39 is 0 Å². The van der Waals surface area contributed by atoms with Crippen LogP contribution in [0.1, 0.15) is 24.8 Å². The maximum absolute atomic E-state index is 12.6. The highest BCUT2D eigenvalue weighted by molar-refractivity contribution is 5.85. The molecule has 1 amide bonds. The molecule has 3 nitrogen and oxygen atoms in total. The summed E-state index contributed by atoms with van der Waals surface area (Å²) < 4.78 is 12.6. The summed E-state index contributed by atoms with van der Waals surface area (Å²) in [5, 5.41) is 2.83. The summed E-state index contributed by atoms with van der Waals surface area (Å²) in [5.74, 6) is -0.216. The first-order valence-corrected chi connectivity index (χ1v) is 5.93. The van der Waals surface area contributed by atoms with E-state index in [2.05, 4.69) is 5.32 Å². The molecule has 0 aliphatic rings. The van der Waals surface area contributed by atoms with Gasteiger partial charge in [0.2, 0.25) is 5.91 Å². The molecule has 0 saturated carbocycles. The number of rotatable bonds is 7. The van der Waals surface area contributed by atoms with Gasteiger partial charge in [0.1, 0.15) is 5.82 Å². The summed E-state index contributed by atoms with van der Waals surface area (Å²) >= 11 is 0. The van der Waals surface area contributed by atoms with Crippen LogP contribution < -0.4 is 11.1 Å². The number of halogens is 2. The van der Waals surface area contributed by atoms with E-state index in [1.807, 2.05) is 0 Å². The largest absolute Gasteiger partial charge is 0.356 e. The summed E-state index contributed by atoms with van der Waals surface area (Å²) in [4.78, 5) is 11.4. The van der Waals surface area contributed by atoms with Crippen molar-refractivity contribution in [1.29, 1.82) is 0 Å². The molecule has 0 bridgehead atoms. The Kier molecular flexibility index (Phi) is 9.24. The van der Waals surface area contributed by atoms with E-state index in [-0.39, 0.29) is 24.1 Å². The van der Waals surface area contributed by atoms with E-state index in [4.69, 9.17) is 5.73 Å². The lowest BCUT2D eigenvalue weighted by Gasteiger charge is -2.04. The number of hydrogen-bond donors (Lipinski definition) is 2. The molecular formula is C13H20ClFN2O. The number of aryl methyl sites for hydroxylation is 1. The van der Waals surface area contributed by atoms with Crippen molar-refractivity contribution >= 4 is 18.3 Å².